The van der Waals surface area contributed by atoms with Crippen LogP contribution in [-0.2, 0) is 11.2 Å². The molecule has 0 unspecified atom stereocenters. The van der Waals surface area contributed by atoms with Crippen LogP contribution in [0, 0.1) is 11.3 Å². The van der Waals surface area contributed by atoms with Crippen molar-refractivity contribution in [3.63, 3.8) is 0 Å². The Labute approximate surface area is 165 Å². The van der Waals surface area contributed by atoms with Crippen LogP contribution in [0.25, 0.3) is 16.5 Å². The van der Waals surface area contributed by atoms with Crippen molar-refractivity contribution in [2.75, 3.05) is 26.7 Å². The topological polar surface area (TPSA) is 63.2 Å². The maximum atomic E-state index is 12.9. The van der Waals surface area contributed by atoms with Gasteiger partial charge in [0.15, 0.2) is 0 Å². The van der Waals surface area contributed by atoms with Crippen molar-refractivity contribution in [2.24, 2.45) is 5.92 Å². The van der Waals surface area contributed by atoms with E-state index in [0.717, 1.165) is 26.1 Å². The standard InChI is InChI=1S/C20H25N3O.CHNS/c1-4-23(5-2)20(24)14-9-16-15-7-6-8-17-19(15)13(11-21-17)10-18(16)22(3)12-14;2-1-3/h6-9,11,14,18,21H,4-5,10,12H2,1-3H3;2H/t14-,18-;/m1./s1. The minimum absolute atomic E-state index is 0.0445. The number of nitrogens with one attached hydrogen (secondary N) is 2. The van der Waals surface area contributed by atoms with Gasteiger partial charge in [-0.3, -0.25) is 9.69 Å². The number of amides is 1. The summed E-state index contributed by atoms with van der Waals surface area (Å²) in [6, 6.07) is 6.82. The molecule has 1 aromatic carbocycles. The number of aromatic nitrogens is 1. The number of hydrogen-bond acceptors (Lipinski definition) is 4. The number of hydrogen-bond donors (Lipinski definition) is 2. The first-order valence-electron chi connectivity index (χ1n) is 9.39. The SMILES string of the molecule is CCN(CC)C(=O)[C@@H]1C=C2c3cccc4[nH]cc(c34)C[C@H]2N(C)C1.N=C=S. The Kier molecular flexibility index (Phi) is 5.90. The van der Waals surface area contributed by atoms with E-state index in [1.807, 2.05) is 4.90 Å². The molecular formula is C21H26N4OS. The van der Waals surface area contributed by atoms with Crippen LogP contribution < -0.4 is 0 Å². The second-order valence-corrected chi connectivity index (χ2v) is 7.25. The third-order valence-corrected chi connectivity index (χ3v) is 5.66. The molecule has 2 atom stereocenters. The maximum absolute atomic E-state index is 12.9. The lowest BCUT2D eigenvalue weighted by Crippen LogP contribution is -2.47. The Balaban J connectivity index is 0.000000659. The number of aromatic amines is 1. The van der Waals surface area contributed by atoms with Gasteiger partial charge in [0.05, 0.1) is 11.1 Å². The fourth-order valence-corrected chi connectivity index (χ4v) is 4.38. The number of likely N-dealkylation sites (N-methyl/N-ethyl adjacent to an activating group) is 1. The number of rotatable bonds is 3. The Morgan fingerprint density at radius 2 is 2.11 bits per heavy atom. The zero-order valence-corrected chi connectivity index (χ0v) is 16.9. The van der Waals surface area contributed by atoms with Crippen LogP contribution in [-0.4, -0.2) is 58.6 Å². The van der Waals surface area contributed by atoms with E-state index in [2.05, 4.69) is 73.5 Å². The summed E-state index contributed by atoms with van der Waals surface area (Å²) in [4.78, 5) is 20.6. The number of H-pyrrole nitrogens is 1. The summed E-state index contributed by atoms with van der Waals surface area (Å²) in [5.41, 5.74) is 5.21. The molecule has 0 radical (unpaired) electrons. The highest BCUT2D eigenvalue weighted by atomic mass is 32.1. The average Bonchev–Trinajstić information content (AvgIpc) is 3.08. The van der Waals surface area contributed by atoms with E-state index in [9.17, 15) is 4.79 Å². The van der Waals surface area contributed by atoms with E-state index in [4.69, 9.17) is 5.41 Å². The number of isothiocyanates is 1. The molecule has 2 aliphatic rings. The quantitative estimate of drug-likeness (QED) is 0.630. The Morgan fingerprint density at radius 1 is 1.41 bits per heavy atom. The Hall–Kier alpha value is -2.27. The number of nitrogens with zero attached hydrogens (tertiary/aromatic N) is 2. The predicted octanol–water partition coefficient (Wildman–Crippen LogP) is 3.57. The lowest BCUT2D eigenvalue weighted by Gasteiger charge is -2.40. The second kappa shape index (κ2) is 8.17. The van der Waals surface area contributed by atoms with Gasteiger partial charge in [-0.1, -0.05) is 18.2 Å². The maximum Gasteiger partial charge on any atom is 0.230 e. The molecule has 1 amide bonds. The smallest absolute Gasteiger partial charge is 0.230 e. The fourth-order valence-electron chi connectivity index (χ4n) is 4.38. The van der Waals surface area contributed by atoms with Crippen LogP contribution in [0.15, 0.2) is 30.5 Å². The molecule has 1 aliphatic heterocycles. The lowest BCUT2D eigenvalue weighted by atomic mass is 9.79. The van der Waals surface area contributed by atoms with Gasteiger partial charge < -0.3 is 9.88 Å². The molecule has 0 spiro atoms. The minimum atomic E-state index is -0.0445. The molecule has 5 nitrogen and oxygen atoms in total. The molecule has 2 heterocycles. The van der Waals surface area contributed by atoms with Crippen molar-refractivity contribution in [1.82, 2.24) is 14.8 Å². The molecule has 1 aromatic heterocycles. The number of carbonyl (C=O) groups is 1. The van der Waals surface area contributed by atoms with Crippen LogP contribution in [0.4, 0.5) is 0 Å². The third-order valence-electron chi connectivity index (χ3n) is 5.66. The van der Waals surface area contributed by atoms with E-state index in [1.165, 1.54) is 27.6 Å². The second-order valence-electron chi connectivity index (χ2n) is 7.04. The van der Waals surface area contributed by atoms with Gasteiger partial charge >= 0.3 is 0 Å². The zero-order chi connectivity index (χ0) is 19.6. The first-order valence-corrected chi connectivity index (χ1v) is 9.80. The van der Waals surface area contributed by atoms with E-state index >= 15 is 0 Å². The van der Waals surface area contributed by atoms with Crippen molar-refractivity contribution in [3.05, 3.63) is 41.6 Å². The van der Waals surface area contributed by atoms with Gasteiger partial charge in [-0.2, -0.15) is 0 Å². The summed E-state index contributed by atoms with van der Waals surface area (Å²) in [7, 11) is 2.15. The fraction of sp³-hybridized carbons (Fsp3) is 0.429. The molecule has 0 saturated heterocycles. The number of carbonyl (C=O) groups excluding carboxylic acids is 1. The van der Waals surface area contributed by atoms with Crippen LogP contribution in [0.5, 0.6) is 0 Å². The van der Waals surface area contributed by atoms with Gasteiger partial charge in [-0.25, -0.2) is 5.41 Å². The number of thiocarbonyl (C=S) groups is 1. The summed E-state index contributed by atoms with van der Waals surface area (Å²) >= 11 is 3.81. The molecular weight excluding hydrogens is 356 g/mol. The van der Waals surface area contributed by atoms with Crippen molar-refractivity contribution in [2.45, 2.75) is 26.3 Å². The number of benzene rings is 1. The highest BCUT2D eigenvalue weighted by molar-refractivity contribution is 7.78. The lowest BCUT2D eigenvalue weighted by molar-refractivity contribution is -0.134. The zero-order valence-electron chi connectivity index (χ0n) is 16.1. The summed E-state index contributed by atoms with van der Waals surface area (Å²) in [6.07, 6.45) is 5.41. The molecule has 0 bridgehead atoms. The molecule has 0 fully saturated rings. The minimum Gasteiger partial charge on any atom is -0.361 e. The average molecular weight is 383 g/mol. The van der Waals surface area contributed by atoms with Crippen molar-refractivity contribution < 1.29 is 4.79 Å². The molecule has 6 heteroatoms. The predicted molar refractivity (Wildman–Crippen MR) is 113 cm³/mol. The van der Waals surface area contributed by atoms with E-state index in [-0.39, 0.29) is 11.8 Å². The van der Waals surface area contributed by atoms with Gasteiger partial charge in [0.2, 0.25) is 5.91 Å². The van der Waals surface area contributed by atoms with Crippen LogP contribution in [0.1, 0.15) is 25.0 Å². The summed E-state index contributed by atoms with van der Waals surface area (Å²) < 4.78 is 0. The number of fused-ring (bicyclic) bond motifs is 2. The molecule has 4 rings (SSSR count). The largest absolute Gasteiger partial charge is 0.361 e. The van der Waals surface area contributed by atoms with Gasteiger partial charge in [0.1, 0.15) is 0 Å². The van der Waals surface area contributed by atoms with E-state index < -0.39 is 0 Å². The first kappa shape index (κ1) is 19.5. The normalized spacial score (nSPS) is 20.8. The molecule has 1 aliphatic carbocycles. The highest BCUT2D eigenvalue weighted by Crippen LogP contribution is 2.40. The van der Waals surface area contributed by atoms with E-state index in [1.54, 1.807) is 5.16 Å². The summed E-state index contributed by atoms with van der Waals surface area (Å²) in [6.45, 7) is 6.47. The van der Waals surface area contributed by atoms with Gasteiger partial charge in [-0.05, 0) is 62.3 Å². The van der Waals surface area contributed by atoms with Crippen molar-refractivity contribution in [1.29, 1.82) is 5.41 Å². The first-order chi connectivity index (χ1) is 13.0. The summed E-state index contributed by atoms with van der Waals surface area (Å²) in [5, 5.41) is 8.69. The summed E-state index contributed by atoms with van der Waals surface area (Å²) in [5.74, 6) is 0.210. The molecule has 2 aromatic rings. The van der Waals surface area contributed by atoms with Gasteiger partial charge in [-0.15, -0.1) is 0 Å². The van der Waals surface area contributed by atoms with E-state index in [0.29, 0.717) is 6.04 Å². The van der Waals surface area contributed by atoms with Gasteiger partial charge in [0, 0.05) is 42.8 Å². The van der Waals surface area contributed by atoms with Gasteiger partial charge in [0.25, 0.3) is 0 Å². The van der Waals surface area contributed by atoms with Crippen LogP contribution in [0.3, 0.4) is 0 Å². The highest BCUT2D eigenvalue weighted by Gasteiger charge is 2.36. The molecule has 2 N–H and O–H groups in total. The van der Waals surface area contributed by atoms with Crippen LogP contribution in [0.2, 0.25) is 0 Å². The monoisotopic (exact) mass is 382 g/mol. The molecule has 27 heavy (non-hydrogen) atoms. The van der Waals surface area contributed by atoms with Crippen LogP contribution >= 0.6 is 12.2 Å². The molecule has 142 valence electrons. The third kappa shape index (κ3) is 3.48. The Morgan fingerprint density at radius 3 is 2.78 bits per heavy atom. The van der Waals surface area contributed by atoms with Crippen molar-refractivity contribution in [3.8, 4) is 0 Å². The van der Waals surface area contributed by atoms with Crippen molar-refractivity contribution >= 4 is 39.8 Å². The Bertz CT molecular complexity index is 906. The molecule has 0 saturated carbocycles.